The predicted octanol–water partition coefficient (Wildman–Crippen LogP) is 0.906. The summed E-state index contributed by atoms with van der Waals surface area (Å²) in [5.74, 6) is 0. The number of hydrogen-bond donors (Lipinski definition) is 1. The van der Waals surface area contributed by atoms with Crippen LogP contribution in [0.3, 0.4) is 0 Å². The van der Waals surface area contributed by atoms with E-state index >= 15 is 0 Å². The van der Waals surface area contributed by atoms with Gasteiger partial charge >= 0.3 is 0 Å². The number of H-pyrrole nitrogens is 1. The van der Waals surface area contributed by atoms with Crippen LogP contribution >= 0.6 is 0 Å². The Kier molecular flexibility index (Phi) is 1.93. The summed E-state index contributed by atoms with van der Waals surface area (Å²) in [4.78, 5) is 14.0. The fourth-order valence-electron chi connectivity index (χ4n) is 1.38. The van der Waals surface area contributed by atoms with Gasteiger partial charge < -0.3 is 4.98 Å². The Morgan fingerprint density at radius 1 is 1.31 bits per heavy atom. The predicted molar refractivity (Wildman–Crippen MR) is 55.8 cm³/mol. The van der Waals surface area contributed by atoms with Crippen LogP contribution in [0.25, 0.3) is 10.8 Å². The zero-order valence-electron chi connectivity index (χ0n) is 7.37. The molecule has 0 atom stereocenters. The van der Waals surface area contributed by atoms with Crippen molar-refractivity contribution in [1.29, 1.82) is 0 Å². The topological polar surface area (TPSA) is 32.9 Å². The summed E-state index contributed by atoms with van der Waals surface area (Å²) < 4.78 is 0. The van der Waals surface area contributed by atoms with Gasteiger partial charge in [-0.3, -0.25) is 4.79 Å². The number of rotatable bonds is 1. The van der Waals surface area contributed by atoms with E-state index in [1.54, 1.807) is 6.20 Å². The van der Waals surface area contributed by atoms with Crippen molar-refractivity contribution in [3.63, 3.8) is 0 Å². The highest BCUT2D eigenvalue weighted by molar-refractivity contribution is 6.52. The third kappa shape index (κ3) is 1.37. The molecule has 63 valence electrons. The van der Waals surface area contributed by atoms with Gasteiger partial charge in [0.25, 0.3) is 5.56 Å². The Balaban J connectivity index is 2.82. The van der Waals surface area contributed by atoms with Crippen LogP contribution in [-0.2, 0) is 0 Å². The number of nitrogens with one attached hydrogen (secondary N) is 1. The van der Waals surface area contributed by atoms with Crippen LogP contribution in [0.4, 0.5) is 0 Å². The number of aromatic nitrogens is 1. The maximum atomic E-state index is 11.4. The molecule has 1 radical (unpaired) electrons. The molecule has 0 aliphatic heterocycles. The SMILES string of the molecule is C[B]c1ccc2cc[nH]c(=O)c2c1. The lowest BCUT2D eigenvalue weighted by Crippen LogP contribution is -2.13. The van der Waals surface area contributed by atoms with Gasteiger partial charge in [-0.05, 0) is 11.5 Å². The van der Waals surface area contributed by atoms with Crippen LogP contribution in [0.15, 0.2) is 35.3 Å². The molecule has 0 saturated carbocycles. The second-order valence-corrected chi connectivity index (χ2v) is 2.94. The van der Waals surface area contributed by atoms with E-state index in [0.717, 1.165) is 16.2 Å². The molecule has 2 aromatic rings. The minimum absolute atomic E-state index is 0.0267. The summed E-state index contributed by atoms with van der Waals surface area (Å²) in [6.07, 6.45) is 1.67. The lowest BCUT2D eigenvalue weighted by Gasteiger charge is -1.98. The van der Waals surface area contributed by atoms with Gasteiger partial charge in [0.05, 0.1) is 0 Å². The minimum atomic E-state index is -0.0267. The van der Waals surface area contributed by atoms with Crippen LogP contribution in [0, 0.1) is 0 Å². The average Bonchev–Trinajstić information content (AvgIpc) is 2.18. The lowest BCUT2D eigenvalue weighted by molar-refractivity contribution is 1.28. The first-order valence-corrected chi connectivity index (χ1v) is 4.22. The normalized spacial score (nSPS) is 10.2. The van der Waals surface area contributed by atoms with E-state index in [1.165, 1.54) is 0 Å². The molecule has 1 heterocycles. The van der Waals surface area contributed by atoms with E-state index in [0.29, 0.717) is 0 Å². The van der Waals surface area contributed by atoms with Gasteiger partial charge in [0.1, 0.15) is 7.28 Å². The molecule has 0 bridgehead atoms. The highest BCUT2D eigenvalue weighted by atomic mass is 16.1. The molecular weight excluding hydrogens is 161 g/mol. The summed E-state index contributed by atoms with van der Waals surface area (Å²) >= 11 is 0. The van der Waals surface area contributed by atoms with Crippen molar-refractivity contribution in [2.75, 3.05) is 0 Å². The fraction of sp³-hybridized carbons (Fsp3) is 0.100. The molecule has 1 N–H and O–H groups in total. The summed E-state index contributed by atoms with van der Waals surface area (Å²) in [7, 11) is 1.98. The first kappa shape index (κ1) is 8.11. The van der Waals surface area contributed by atoms with E-state index < -0.39 is 0 Å². The first-order chi connectivity index (χ1) is 6.31. The molecule has 1 aromatic carbocycles. The molecule has 0 unspecified atom stereocenters. The van der Waals surface area contributed by atoms with Gasteiger partial charge in [-0.25, -0.2) is 0 Å². The first-order valence-electron chi connectivity index (χ1n) is 4.22. The lowest BCUT2D eigenvalue weighted by atomic mass is 9.73. The standard InChI is InChI=1S/C10H9BNO/c1-11-8-3-2-7-4-5-12-10(13)9(7)6-8/h2-6H,1H3,(H,12,13). The summed E-state index contributed by atoms with van der Waals surface area (Å²) in [6, 6.07) is 7.76. The Morgan fingerprint density at radius 3 is 2.92 bits per heavy atom. The van der Waals surface area contributed by atoms with Gasteiger partial charge in [0.15, 0.2) is 0 Å². The molecule has 2 nitrogen and oxygen atoms in total. The second-order valence-electron chi connectivity index (χ2n) is 2.94. The maximum absolute atomic E-state index is 11.4. The Bertz CT molecular complexity index is 489. The van der Waals surface area contributed by atoms with Crippen LogP contribution < -0.4 is 11.0 Å². The number of hydrogen-bond acceptors (Lipinski definition) is 1. The third-order valence-electron chi connectivity index (χ3n) is 2.13. The van der Waals surface area contributed by atoms with Crippen molar-refractivity contribution in [3.05, 3.63) is 40.8 Å². The van der Waals surface area contributed by atoms with E-state index in [1.807, 2.05) is 38.4 Å². The summed E-state index contributed by atoms with van der Waals surface area (Å²) in [5, 5.41) is 1.73. The molecule has 0 fully saturated rings. The molecule has 0 amide bonds. The van der Waals surface area contributed by atoms with Gasteiger partial charge in [-0.15, -0.1) is 0 Å². The molecule has 3 heteroatoms. The van der Waals surface area contributed by atoms with Crippen molar-refractivity contribution >= 4 is 23.5 Å². The van der Waals surface area contributed by atoms with E-state index in [-0.39, 0.29) is 5.56 Å². The Labute approximate surface area is 76.8 Å². The van der Waals surface area contributed by atoms with Crippen LogP contribution in [0.2, 0.25) is 6.82 Å². The van der Waals surface area contributed by atoms with E-state index in [9.17, 15) is 4.79 Å². The zero-order valence-corrected chi connectivity index (χ0v) is 7.37. The highest BCUT2D eigenvalue weighted by Crippen LogP contribution is 2.04. The monoisotopic (exact) mass is 170 g/mol. The molecule has 2 rings (SSSR count). The largest absolute Gasteiger partial charge is 0.329 e. The fourth-order valence-corrected chi connectivity index (χ4v) is 1.38. The Hall–Kier alpha value is -1.51. The third-order valence-corrected chi connectivity index (χ3v) is 2.13. The van der Waals surface area contributed by atoms with E-state index in [2.05, 4.69) is 4.98 Å². The highest BCUT2D eigenvalue weighted by Gasteiger charge is 1.98. The molecule has 0 aliphatic carbocycles. The smallest absolute Gasteiger partial charge is 0.255 e. The van der Waals surface area contributed by atoms with Crippen LogP contribution in [0.5, 0.6) is 0 Å². The quantitative estimate of drug-likeness (QED) is 0.633. The number of fused-ring (bicyclic) bond motifs is 1. The number of benzene rings is 1. The molecule has 0 saturated heterocycles. The average molecular weight is 170 g/mol. The van der Waals surface area contributed by atoms with Crippen molar-refractivity contribution < 1.29 is 0 Å². The van der Waals surface area contributed by atoms with Crippen LogP contribution in [-0.4, -0.2) is 12.3 Å². The van der Waals surface area contributed by atoms with Gasteiger partial charge in [-0.2, -0.15) is 0 Å². The summed E-state index contributed by atoms with van der Waals surface area (Å²) in [6.45, 7) is 1.96. The molecular formula is C10H9BNO. The van der Waals surface area contributed by atoms with Crippen molar-refractivity contribution in [2.24, 2.45) is 0 Å². The molecule has 13 heavy (non-hydrogen) atoms. The van der Waals surface area contributed by atoms with Crippen molar-refractivity contribution in [1.82, 2.24) is 4.98 Å². The van der Waals surface area contributed by atoms with E-state index in [4.69, 9.17) is 0 Å². The molecule has 0 aliphatic rings. The minimum Gasteiger partial charge on any atom is -0.329 e. The van der Waals surface area contributed by atoms with Crippen molar-refractivity contribution in [2.45, 2.75) is 6.82 Å². The van der Waals surface area contributed by atoms with Gasteiger partial charge in [0.2, 0.25) is 0 Å². The molecule has 1 aromatic heterocycles. The maximum Gasteiger partial charge on any atom is 0.255 e. The summed E-state index contributed by atoms with van der Waals surface area (Å²) in [5.41, 5.74) is 1.05. The Morgan fingerprint density at radius 2 is 2.15 bits per heavy atom. The van der Waals surface area contributed by atoms with Crippen molar-refractivity contribution in [3.8, 4) is 0 Å². The number of aromatic amines is 1. The number of pyridine rings is 1. The second kappa shape index (κ2) is 3.09. The zero-order chi connectivity index (χ0) is 9.26. The van der Waals surface area contributed by atoms with Gasteiger partial charge in [-0.1, -0.05) is 30.5 Å². The molecule has 0 spiro atoms. The van der Waals surface area contributed by atoms with Gasteiger partial charge in [0, 0.05) is 11.6 Å². The van der Waals surface area contributed by atoms with Crippen LogP contribution in [0.1, 0.15) is 0 Å².